The fourth-order valence-electron chi connectivity index (χ4n) is 1.83. The Kier molecular flexibility index (Phi) is 4.79. The molecule has 0 saturated heterocycles. The van der Waals surface area contributed by atoms with Gasteiger partial charge in [0, 0.05) is 6.54 Å². The van der Waals surface area contributed by atoms with E-state index < -0.39 is 0 Å². The summed E-state index contributed by atoms with van der Waals surface area (Å²) in [6.45, 7) is 7.10. The Morgan fingerprint density at radius 3 is 2.68 bits per heavy atom. The van der Waals surface area contributed by atoms with Gasteiger partial charge in [-0.15, -0.1) is 0 Å². The van der Waals surface area contributed by atoms with Crippen LogP contribution in [0, 0.1) is 10.5 Å². The molecule has 2 rings (SSSR count). The van der Waals surface area contributed by atoms with Crippen LogP contribution in [0.1, 0.15) is 31.7 Å². The Hall–Kier alpha value is -1.11. The molecule has 0 bridgehead atoms. The number of halogens is 1. The zero-order valence-electron chi connectivity index (χ0n) is 11.5. The molecule has 0 unspecified atom stereocenters. The lowest BCUT2D eigenvalue weighted by molar-refractivity contribution is 0.535. The van der Waals surface area contributed by atoms with Crippen molar-refractivity contribution in [2.24, 2.45) is 0 Å². The zero-order valence-corrected chi connectivity index (χ0v) is 13.6. The summed E-state index contributed by atoms with van der Waals surface area (Å²) in [5.41, 5.74) is 2.04. The van der Waals surface area contributed by atoms with Crippen molar-refractivity contribution in [1.82, 2.24) is 9.97 Å². The van der Waals surface area contributed by atoms with Crippen LogP contribution in [-0.2, 0) is 6.42 Å². The van der Waals surface area contributed by atoms with Crippen LogP contribution in [0.4, 0.5) is 5.82 Å². The van der Waals surface area contributed by atoms with Gasteiger partial charge in [0.25, 0.3) is 0 Å². The van der Waals surface area contributed by atoms with E-state index in [0.717, 1.165) is 51.6 Å². The molecule has 2 aromatic heterocycles. The number of hydrogen-bond acceptors (Lipinski definition) is 4. The maximum Gasteiger partial charge on any atom is 0.165 e. The number of aromatic nitrogens is 2. The van der Waals surface area contributed by atoms with Gasteiger partial charge in [-0.2, -0.15) is 0 Å². The molecule has 0 fully saturated rings. The highest BCUT2D eigenvalue weighted by atomic mass is 127. The molecule has 2 heterocycles. The predicted octanol–water partition coefficient (Wildman–Crippen LogP) is 4.03. The highest BCUT2D eigenvalue weighted by molar-refractivity contribution is 14.1. The molecule has 2 aromatic rings. The van der Waals surface area contributed by atoms with Crippen LogP contribution in [0.2, 0.25) is 0 Å². The van der Waals surface area contributed by atoms with Crippen LogP contribution < -0.4 is 5.32 Å². The number of nitrogens with one attached hydrogen (secondary N) is 1. The van der Waals surface area contributed by atoms with Crippen LogP contribution in [0.25, 0.3) is 11.4 Å². The van der Waals surface area contributed by atoms with E-state index in [4.69, 9.17) is 4.42 Å². The monoisotopic (exact) mass is 371 g/mol. The molecule has 0 atom stereocenters. The minimum absolute atomic E-state index is 0.738. The molecule has 19 heavy (non-hydrogen) atoms. The van der Waals surface area contributed by atoms with Crippen molar-refractivity contribution in [2.45, 2.75) is 33.6 Å². The summed E-state index contributed by atoms with van der Waals surface area (Å²) in [5, 5.41) is 3.37. The van der Waals surface area contributed by atoms with Crippen LogP contribution in [0.15, 0.2) is 16.7 Å². The second-order valence-corrected chi connectivity index (χ2v) is 5.41. The minimum Gasteiger partial charge on any atom is -0.469 e. The van der Waals surface area contributed by atoms with Crippen LogP contribution >= 0.6 is 22.6 Å². The molecule has 0 radical (unpaired) electrons. The first-order valence-corrected chi connectivity index (χ1v) is 7.60. The molecular weight excluding hydrogens is 353 g/mol. The lowest BCUT2D eigenvalue weighted by atomic mass is 10.2. The molecule has 0 aliphatic heterocycles. The molecule has 0 saturated carbocycles. The second kappa shape index (κ2) is 6.36. The summed E-state index contributed by atoms with van der Waals surface area (Å²) in [5.74, 6) is 2.51. The Labute approximate surface area is 127 Å². The van der Waals surface area contributed by atoms with Crippen LogP contribution in [0.3, 0.4) is 0 Å². The first kappa shape index (κ1) is 14.3. The van der Waals surface area contributed by atoms with E-state index >= 15 is 0 Å². The molecule has 0 aromatic carbocycles. The number of nitrogens with zero attached hydrogens (tertiary/aromatic N) is 2. The summed E-state index contributed by atoms with van der Waals surface area (Å²) in [7, 11) is 0. The second-order valence-electron chi connectivity index (χ2n) is 4.33. The first-order valence-electron chi connectivity index (χ1n) is 6.52. The molecule has 102 valence electrons. The standard InChI is InChI=1S/C14H18IN3O/c1-4-7-16-14-12(15)11(5-2)17-13(18-14)10-6-8-19-9(10)3/h6,8H,4-5,7H2,1-3H3,(H,16,17,18). The average molecular weight is 371 g/mol. The van der Waals surface area contributed by atoms with Gasteiger partial charge in [0.15, 0.2) is 5.82 Å². The van der Waals surface area contributed by atoms with E-state index in [1.54, 1.807) is 6.26 Å². The Morgan fingerprint density at radius 2 is 2.11 bits per heavy atom. The fourth-order valence-corrected chi connectivity index (χ4v) is 2.64. The summed E-state index contributed by atoms with van der Waals surface area (Å²) in [6, 6.07) is 1.92. The summed E-state index contributed by atoms with van der Waals surface area (Å²) >= 11 is 2.31. The minimum atomic E-state index is 0.738. The van der Waals surface area contributed by atoms with E-state index in [1.807, 2.05) is 13.0 Å². The smallest absolute Gasteiger partial charge is 0.165 e. The number of furan rings is 1. The van der Waals surface area contributed by atoms with Crippen LogP contribution in [-0.4, -0.2) is 16.5 Å². The van der Waals surface area contributed by atoms with Gasteiger partial charge in [-0.1, -0.05) is 13.8 Å². The van der Waals surface area contributed by atoms with E-state index in [1.165, 1.54) is 0 Å². The maximum absolute atomic E-state index is 5.34. The zero-order chi connectivity index (χ0) is 13.8. The van der Waals surface area contributed by atoms with Crippen molar-refractivity contribution in [3.05, 3.63) is 27.4 Å². The molecule has 0 aliphatic carbocycles. The van der Waals surface area contributed by atoms with Gasteiger partial charge in [-0.3, -0.25) is 0 Å². The highest BCUT2D eigenvalue weighted by Crippen LogP contribution is 2.26. The number of hydrogen-bond donors (Lipinski definition) is 1. The average Bonchev–Trinajstić information content (AvgIpc) is 2.84. The lowest BCUT2D eigenvalue weighted by Gasteiger charge is -2.11. The van der Waals surface area contributed by atoms with Gasteiger partial charge >= 0.3 is 0 Å². The van der Waals surface area contributed by atoms with Crippen molar-refractivity contribution in [1.29, 1.82) is 0 Å². The molecular formula is C14H18IN3O. The summed E-state index contributed by atoms with van der Waals surface area (Å²) in [6.07, 6.45) is 3.64. The third-order valence-corrected chi connectivity index (χ3v) is 4.03. The van der Waals surface area contributed by atoms with Gasteiger partial charge < -0.3 is 9.73 Å². The maximum atomic E-state index is 5.34. The Balaban J connectivity index is 2.47. The van der Waals surface area contributed by atoms with Gasteiger partial charge in [0.05, 0.1) is 21.1 Å². The van der Waals surface area contributed by atoms with Gasteiger partial charge in [-0.25, -0.2) is 9.97 Å². The lowest BCUT2D eigenvalue weighted by Crippen LogP contribution is -2.08. The van der Waals surface area contributed by atoms with E-state index in [2.05, 4.69) is 51.7 Å². The van der Waals surface area contributed by atoms with Gasteiger partial charge in [-0.05, 0) is 48.4 Å². The van der Waals surface area contributed by atoms with Crippen molar-refractivity contribution in [3.63, 3.8) is 0 Å². The summed E-state index contributed by atoms with van der Waals surface area (Å²) < 4.78 is 6.45. The quantitative estimate of drug-likeness (QED) is 0.807. The molecule has 5 heteroatoms. The third kappa shape index (κ3) is 3.08. The number of aryl methyl sites for hydroxylation is 2. The third-order valence-electron chi connectivity index (χ3n) is 2.90. The topological polar surface area (TPSA) is 51.0 Å². The SMILES string of the molecule is CCCNc1nc(-c2ccoc2C)nc(CC)c1I. The molecule has 1 N–H and O–H groups in total. The predicted molar refractivity (Wildman–Crippen MR) is 85.3 cm³/mol. The van der Waals surface area contributed by atoms with E-state index in [9.17, 15) is 0 Å². The van der Waals surface area contributed by atoms with Crippen LogP contribution in [0.5, 0.6) is 0 Å². The van der Waals surface area contributed by atoms with Crippen molar-refractivity contribution >= 4 is 28.4 Å². The number of rotatable bonds is 5. The molecule has 0 aliphatic rings. The fraction of sp³-hybridized carbons (Fsp3) is 0.429. The van der Waals surface area contributed by atoms with Gasteiger partial charge in [0.1, 0.15) is 11.6 Å². The molecule has 0 spiro atoms. The highest BCUT2D eigenvalue weighted by Gasteiger charge is 2.14. The van der Waals surface area contributed by atoms with Crippen molar-refractivity contribution in [2.75, 3.05) is 11.9 Å². The summed E-state index contributed by atoms with van der Waals surface area (Å²) in [4.78, 5) is 9.28. The van der Waals surface area contributed by atoms with Gasteiger partial charge in [0.2, 0.25) is 0 Å². The van der Waals surface area contributed by atoms with E-state index in [-0.39, 0.29) is 0 Å². The molecule has 0 amide bonds. The normalized spacial score (nSPS) is 10.7. The first-order chi connectivity index (χ1) is 9.17. The Bertz CT molecular complexity index is 566. The van der Waals surface area contributed by atoms with E-state index in [0.29, 0.717) is 0 Å². The molecule has 4 nitrogen and oxygen atoms in total. The van der Waals surface area contributed by atoms with Crippen molar-refractivity contribution < 1.29 is 4.42 Å². The largest absolute Gasteiger partial charge is 0.469 e. The van der Waals surface area contributed by atoms with Crippen molar-refractivity contribution in [3.8, 4) is 11.4 Å². The Morgan fingerprint density at radius 1 is 1.32 bits per heavy atom. The number of anilines is 1.